The van der Waals surface area contributed by atoms with Crippen molar-refractivity contribution in [3.8, 4) is 0 Å². The van der Waals surface area contributed by atoms with Crippen molar-refractivity contribution in [2.45, 2.75) is 193 Å². The quantitative estimate of drug-likeness (QED) is 0.0195. The molecule has 2 unspecified atom stereocenters. The van der Waals surface area contributed by atoms with Crippen LogP contribution in [0.4, 0.5) is 0 Å². The normalized spacial score (nSPS) is 13.7. The molecule has 0 bridgehead atoms. The molecule has 0 heterocycles. The van der Waals surface area contributed by atoms with Gasteiger partial charge >= 0.3 is 11.9 Å². The number of esters is 2. The number of carbonyl (C=O) groups is 3. The Kier molecular flexibility index (Phi) is 44.0. The standard InChI is InChI=1S/C56H93NO8/c1-6-8-10-12-14-16-18-20-22-24-25-26-27-28-29-31-33-35-37-39-41-43-45-47-54(59)65-52(51-64-56(55(60)61)62-49-48-57(3,4)5)50-63-53(58)46-44-42-40-38-36-34-32-30-23-21-19-17-15-13-11-9-7-2/h8,10,14,16,20-23,25-26,28-29,33,35,39,41,52,56H,6-7,9,11-13,15,17-19,24,27,30-32,34,36-38,40,42-51H2,1-5H3/b10-8-,16-14-,22-20-,23-21-,26-25-,29-28-,35-33-,41-39-. The molecule has 0 aliphatic carbocycles. The van der Waals surface area contributed by atoms with E-state index in [1.165, 1.54) is 64.2 Å². The van der Waals surface area contributed by atoms with Crippen LogP contribution in [0.2, 0.25) is 0 Å². The zero-order valence-electron chi connectivity index (χ0n) is 41.8. The molecule has 370 valence electrons. The van der Waals surface area contributed by atoms with Crippen LogP contribution in [-0.4, -0.2) is 82.3 Å². The number of aliphatic carboxylic acids is 1. The molecular weight excluding hydrogens is 815 g/mol. The molecule has 65 heavy (non-hydrogen) atoms. The Hall–Kier alpha value is -3.79. The minimum Gasteiger partial charge on any atom is -0.545 e. The van der Waals surface area contributed by atoms with Gasteiger partial charge in [-0.05, 0) is 89.9 Å². The van der Waals surface area contributed by atoms with Crippen molar-refractivity contribution in [2.75, 3.05) is 47.5 Å². The van der Waals surface area contributed by atoms with Gasteiger partial charge in [0.15, 0.2) is 12.4 Å². The molecular formula is C56H93NO8. The Morgan fingerprint density at radius 1 is 0.477 bits per heavy atom. The van der Waals surface area contributed by atoms with Crippen molar-refractivity contribution in [3.63, 3.8) is 0 Å². The third kappa shape index (κ3) is 48.0. The van der Waals surface area contributed by atoms with Crippen LogP contribution in [-0.2, 0) is 33.3 Å². The number of carbonyl (C=O) groups excluding carboxylic acids is 3. The second kappa shape index (κ2) is 46.7. The molecule has 0 amide bonds. The topological polar surface area (TPSA) is 111 Å². The number of carboxylic acid groups (broad SMARTS) is 1. The summed E-state index contributed by atoms with van der Waals surface area (Å²) >= 11 is 0. The number of quaternary nitrogens is 1. The lowest BCUT2D eigenvalue weighted by Gasteiger charge is -2.26. The number of hydrogen-bond acceptors (Lipinski definition) is 8. The van der Waals surface area contributed by atoms with E-state index in [0.29, 0.717) is 23.9 Å². The summed E-state index contributed by atoms with van der Waals surface area (Å²) < 4.78 is 22.5. The molecule has 0 fully saturated rings. The van der Waals surface area contributed by atoms with Gasteiger partial charge in [-0.15, -0.1) is 0 Å². The fourth-order valence-corrected chi connectivity index (χ4v) is 6.40. The van der Waals surface area contributed by atoms with Crippen LogP contribution in [0, 0.1) is 0 Å². The fourth-order valence-electron chi connectivity index (χ4n) is 6.40. The summed E-state index contributed by atoms with van der Waals surface area (Å²) in [5.41, 5.74) is 0. The van der Waals surface area contributed by atoms with E-state index in [0.717, 1.165) is 77.0 Å². The van der Waals surface area contributed by atoms with Gasteiger partial charge in [-0.2, -0.15) is 0 Å². The average molecular weight is 908 g/mol. The highest BCUT2D eigenvalue weighted by Crippen LogP contribution is 2.13. The number of ether oxygens (including phenoxy) is 4. The molecule has 0 aromatic heterocycles. The highest BCUT2D eigenvalue weighted by atomic mass is 16.7. The van der Waals surface area contributed by atoms with Crippen molar-refractivity contribution in [1.82, 2.24) is 0 Å². The van der Waals surface area contributed by atoms with Crippen molar-refractivity contribution < 1.29 is 42.9 Å². The van der Waals surface area contributed by atoms with Crippen molar-refractivity contribution in [1.29, 1.82) is 0 Å². The predicted octanol–water partition coefficient (Wildman–Crippen LogP) is 12.9. The number of allylic oxidation sites excluding steroid dienone is 16. The van der Waals surface area contributed by atoms with Gasteiger partial charge in [0.05, 0.1) is 40.3 Å². The molecule has 0 aromatic rings. The third-order valence-corrected chi connectivity index (χ3v) is 10.3. The van der Waals surface area contributed by atoms with Crippen LogP contribution in [0.5, 0.6) is 0 Å². The summed E-state index contributed by atoms with van der Waals surface area (Å²) in [6, 6.07) is 0. The highest BCUT2D eigenvalue weighted by Gasteiger charge is 2.21. The minimum atomic E-state index is -1.64. The van der Waals surface area contributed by atoms with Gasteiger partial charge in [0.1, 0.15) is 13.2 Å². The fraction of sp³-hybridized carbons (Fsp3) is 0.661. The Morgan fingerprint density at radius 2 is 0.892 bits per heavy atom. The van der Waals surface area contributed by atoms with E-state index in [-0.39, 0.29) is 38.6 Å². The Morgan fingerprint density at radius 3 is 1.37 bits per heavy atom. The molecule has 0 spiro atoms. The molecule has 0 N–H and O–H groups in total. The van der Waals surface area contributed by atoms with Crippen molar-refractivity contribution in [2.24, 2.45) is 0 Å². The van der Waals surface area contributed by atoms with Gasteiger partial charge in [0.25, 0.3) is 0 Å². The van der Waals surface area contributed by atoms with Gasteiger partial charge in [0, 0.05) is 12.8 Å². The van der Waals surface area contributed by atoms with E-state index >= 15 is 0 Å². The second-order valence-corrected chi connectivity index (χ2v) is 17.7. The Labute approximate surface area is 397 Å². The van der Waals surface area contributed by atoms with E-state index in [4.69, 9.17) is 18.9 Å². The van der Waals surface area contributed by atoms with Crippen LogP contribution in [0.15, 0.2) is 97.2 Å². The van der Waals surface area contributed by atoms with Crippen molar-refractivity contribution >= 4 is 17.9 Å². The Bertz CT molecular complexity index is 1380. The van der Waals surface area contributed by atoms with Crippen molar-refractivity contribution in [3.05, 3.63) is 97.2 Å². The van der Waals surface area contributed by atoms with Crippen LogP contribution < -0.4 is 5.11 Å². The molecule has 9 nitrogen and oxygen atoms in total. The number of hydrogen-bond donors (Lipinski definition) is 0. The van der Waals surface area contributed by atoms with Gasteiger partial charge in [-0.25, -0.2) is 0 Å². The summed E-state index contributed by atoms with van der Waals surface area (Å²) in [4.78, 5) is 37.1. The number of unbranched alkanes of at least 4 members (excludes halogenated alkanes) is 14. The largest absolute Gasteiger partial charge is 0.545 e. The molecule has 9 heteroatoms. The number of nitrogens with zero attached hydrogens (tertiary/aromatic N) is 1. The molecule has 0 saturated heterocycles. The number of carboxylic acids is 1. The first-order chi connectivity index (χ1) is 31.6. The minimum absolute atomic E-state index is 0.131. The molecule has 0 rings (SSSR count). The average Bonchev–Trinajstić information content (AvgIpc) is 3.27. The zero-order valence-corrected chi connectivity index (χ0v) is 41.8. The summed E-state index contributed by atoms with van der Waals surface area (Å²) in [7, 11) is 5.88. The first-order valence-corrected chi connectivity index (χ1v) is 25.4. The van der Waals surface area contributed by atoms with E-state index in [2.05, 4.69) is 105 Å². The number of rotatable bonds is 45. The van der Waals surface area contributed by atoms with Gasteiger partial charge in [-0.3, -0.25) is 9.59 Å². The first-order valence-electron chi connectivity index (χ1n) is 25.4. The molecule has 0 aliphatic rings. The molecule has 0 aromatic carbocycles. The van der Waals surface area contributed by atoms with Gasteiger partial charge < -0.3 is 33.3 Å². The van der Waals surface area contributed by atoms with Crippen LogP contribution in [0.3, 0.4) is 0 Å². The predicted molar refractivity (Wildman–Crippen MR) is 269 cm³/mol. The van der Waals surface area contributed by atoms with Gasteiger partial charge in [0.2, 0.25) is 0 Å². The smallest absolute Gasteiger partial charge is 0.306 e. The monoisotopic (exact) mass is 908 g/mol. The highest BCUT2D eigenvalue weighted by molar-refractivity contribution is 5.70. The lowest BCUT2D eigenvalue weighted by Crippen LogP contribution is -2.44. The SMILES string of the molecule is CC/C=C\C/C=C\C/C=C\C/C=C\C/C=C\C/C=C\C/C=C\CCCC(=O)OC(COC(=O)CCCCCCCCC/C=C\CCCCCCCC)COC(OCC[N+](C)(C)C)C(=O)[O-]. The van der Waals surface area contributed by atoms with E-state index < -0.39 is 24.3 Å². The molecule has 2 atom stereocenters. The second-order valence-electron chi connectivity index (χ2n) is 17.7. The van der Waals surface area contributed by atoms with Crippen LogP contribution >= 0.6 is 0 Å². The maximum absolute atomic E-state index is 12.8. The van der Waals surface area contributed by atoms with E-state index in [9.17, 15) is 19.5 Å². The number of likely N-dealkylation sites (N-methyl/N-ethyl adjacent to an activating group) is 1. The maximum Gasteiger partial charge on any atom is 0.306 e. The lowest BCUT2D eigenvalue weighted by atomic mass is 10.1. The summed E-state index contributed by atoms with van der Waals surface area (Å²) in [6.07, 6.45) is 58.8. The molecule has 0 aliphatic heterocycles. The third-order valence-electron chi connectivity index (χ3n) is 10.3. The van der Waals surface area contributed by atoms with Gasteiger partial charge in [-0.1, -0.05) is 175 Å². The molecule has 0 radical (unpaired) electrons. The molecule has 0 saturated carbocycles. The summed E-state index contributed by atoms with van der Waals surface area (Å²) in [6.45, 7) is 4.54. The van der Waals surface area contributed by atoms with E-state index in [1.54, 1.807) is 0 Å². The maximum atomic E-state index is 12.8. The van der Waals surface area contributed by atoms with Crippen LogP contribution in [0.1, 0.15) is 181 Å². The summed E-state index contributed by atoms with van der Waals surface area (Å²) in [5.74, 6) is -2.38. The summed E-state index contributed by atoms with van der Waals surface area (Å²) in [5, 5.41) is 11.7. The lowest BCUT2D eigenvalue weighted by molar-refractivity contribution is -0.870. The Balaban J connectivity index is 4.50. The first kappa shape index (κ1) is 61.2. The van der Waals surface area contributed by atoms with Crippen LogP contribution in [0.25, 0.3) is 0 Å². The van der Waals surface area contributed by atoms with E-state index in [1.807, 2.05) is 27.2 Å². The zero-order chi connectivity index (χ0) is 47.7.